The van der Waals surface area contributed by atoms with Crippen molar-refractivity contribution in [2.45, 2.75) is 19.3 Å². The van der Waals surface area contributed by atoms with Crippen molar-refractivity contribution in [3.63, 3.8) is 0 Å². The Hall–Kier alpha value is -7.36. The van der Waals surface area contributed by atoms with E-state index >= 15 is 0 Å². The molecule has 0 N–H and O–H groups in total. The van der Waals surface area contributed by atoms with E-state index in [1.807, 2.05) is 30.3 Å². The highest BCUT2D eigenvalue weighted by Crippen LogP contribution is 2.49. The molecule has 0 radical (unpaired) electrons. The first-order valence-corrected chi connectivity index (χ1v) is 19.9. The normalized spacial score (nSPS) is 12.8. The topological polar surface area (TPSA) is 38.9 Å². The Labute approximate surface area is 338 Å². The molecule has 0 saturated heterocycles. The monoisotopic (exact) mass is 742 g/mol. The van der Waals surface area contributed by atoms with Crippen LogP contribution in [-0.4, -0.2) is 9.97 Å². The van der Waals surface area contributed by atoms with E-state index in [-0.39, 0.29) is 5.41 Å². The van der Waals surface area contributed by atoms with Crippen LogP contribution in [0.15, 0.2) is 199 Å². The van der Waals surface area contributed by atoms with Gasteiger partial charge in [0.2, 0.25) is 0 Å². The van der Waals surface area contributed by atoms with E-state index in [9.17, 15) is 0 Å². The summed E-state index contributed by atoms with van der Waals surface area (Å²) in [6.45, 7) is 4.67. The summed E-state index contributed by atoms with van der Waals surface area (Å²) in [5.74, 6) is 0.687. The standard InChI is InChI=1S/C55H38N2O/c1-55(2)47-21-11-9-18-44(47)45-29-28-39(33-48(45)55)36-24-26-37(27-25-36)49-34-50(57-54(56-49)38-16-7-4-8-17-38)42-31-40(35-14-5-3-6-15-35)30-41(32-42)43-20-13-23-52-53(43)46-19-10-12-22-51(46)58-52/h3-34H,1-2H3. The summed E-state index contributed by atoms with van der Waals surface area (Å²) in [5.41, 5.74) is 18.7. The van der Waals surface area contributed by atoms with Gasteiger partial charge in [-0.25, -0.2) is 9.97 Å². The van der Waals surface area contributed by atoms with Crippen molar-refractivity contribution < 1.29 is 4.42 Å². The summed E-state index contributed by atoms with van der Waals surface area (Å²) in [6.07, 6.45) is 0. The van der Waals surface area contributed by atoms with Crippen LogP contribution in [0.5, 0.6) is 0 Å². The zero-order valence-electron chi connectivity index (χ0n) is 32.3. The molecule has 0 aliphatic heterocycles. The van der Waals surface area contributed by atoms with Crippen LogP contribution in [0.1, 0.15) is 25.0 Å². The Morgan fingerprint density at radius 1 is 0.362 bits per heavy atom. The van der Waals surface area contributed by atoms with Crippen LogP contribution in [-0.2, 0) is 5.41 Å². The van der Waals surface area contributed by atoms with Crippen molar-refractivity contribution >= 4 is 21.9 Å². The van der Waals surface area contributed by atoms with Crippen LogP contribution >= 0.6 is 0 Å². The molecule has 1 aliphatic rings. The van der Waals surface area contributed by atoms with Gasteiger partial charge < -0.3 is 4.42 Å². The van der Waals surface area contributed by atoms with Crippen LogP contribution in [0.4, 0.5) is 0 Å². The summed E-state index contributed by atoms with van der Waals surface area (Å²) in [5, 5.41) is 2.21. The van der Waals surface area contributed by atoms with Gasteiger partial charge in [0, 0.05) is 32.9 Å². The predicted molar refractivity (Wildman–Crippen MR) is 239 cm³/mol. The smallest absolute Gasteiger partial charge is 0.160 e. The molecule has 274 valence electrons. The molecule has 2 heterocycles. The first kappa shape index (κ1) is 33.9. The quantitative estimate of drug-likeness (QED) is 0.170. The fourth-order valence-electron chi connectivity index (χ4n) is 8.92. The first-order valence-electron chi connectivity index (χ1n) is 19.9. The molecule has 3 heteroatoms. The lowest BCUT2D eigenvalue weighted by Gasteiger charge is -2.22. The third-order valence-corrected chi connectivity index (χ3v) is 11.9. The van der Waals surface area contributed by atoms with Crippen LogP contribution in [0.3, 0.4) is 0 Å². The lowest BCUT2D eigenvalue weighted by molar-refractivity contribution is 0.660. The molecule has 2 aromatic heterocycles. The molecule has 8 aromatic carbocycles. The van der Waals surface area contributed by atoms with Crippen molar-refractivity contribution in [3.05, 3.63) is 205 Å². The molecule has 0 bridgehead atoms. The molecule has 0 saturated carbocycles. The molecular formula is C55H38N2O. The van der Waals surface area contributed by atoms with Gasteiger partial charge >= 0.3 is 0 Å². The molecule has 3 nitrogen and oxygen atoms in total. The van der Waals surface area contributed by atoms with Crippen LogP contribution < -0.4 is 0 Å². The summed E-state index contributed by atoms with van der Waals surface area (Å²) >= 11 is 0. The van der Waals surface area contributed by atoms with Crippen molar-refractivity contribution in [2.24, 2.45) is 0 Å². The molecule has 10 aromatic rings. The van der Waals surface area contributed by atoms with E-state index < -0.39 is 0 Å². The number of benzene rings is 8. The lowest BCUT2D eigenvalue weighted by Crippen LogP contribution is -2.14. The number of hydrogen-bond donors (Lipinski definition) is 0. The highest BCUT2D eigenvalue weighted by Gasteiger charge is 2.35. The van der Waals surface area contributed by atoms with Gasteiger partial charge in [0.25, 0.3) is 0 Å². The average Bonchev–Trinajstić information content (AvgIpc) is 3.78. The van der Waals surface area contributed by atoms with Crippen LogP contribution in [0, 0.1) is 0 Å². The number of furan rings is 1. The molecule has 58 heavy (non-hydrogen) atoms. The second-order valence-corrected chi connectivity index (χ2v) is 15.8. The fraction of sp³-hybridized carbons (Fsp3) is 0.0545. The molecular weight excluding hydrogens is 705 g/mol. The number of para-hydroxylation sites is 1. The SMILES string of the molecule is CC1(C)c2ccccc2-c2ccc(-c3ccc(-c4cc(-c5cc(-c6ccccc6)cc(-c6cccc7oc8ccccc8c67)c5)nc(-c5ccccc5)n4)cc3)cc21. The minimum absolute atomic E-state index is 0.0520. The number of nitrogens with zero attached hydrogens (tertiary/aromatic N) is 2. The van der Waals surface area contributed by atoms with E-state index in [0.717, 1.165) is 72.3 Å². The number of rotatable bonds is 6. The third kappa shape index (κ3) is 5.66. The Bertz CT molecular complexity index is 3180. The second kappa shape index (κ2) is 13.4. The Kier molecular flexibility index (Phi) is 7.84. The van der Waals surface area contributed by atoms with Crippen molar-refractivity contribution in [1.82, 2.24) is 9.97 Å². The second-order valence-electron chi connectivity index (χ2n) is 15.8. The van der Waals surface area contributed by atoms with Crippen LogP contribution in [0.2, 0.25) is 0 Å². The molecule has 1 aliphatic carbocycles. The summed E-state index contributed by atoms with van der Waals surface area (Å²) in [7, 11) is 0. The Morgan fingerprint density at radius 2 is 0.931 bits per heavy atom. The molecule has 0 fully saturated rings. The van der Waals surface area contributed by atoms with Gasteiger partial charge in [-0.3, -0.25) is 0 Å². The molecule has 0 unspecified atom stereocenters. The van der Waals surface area contributed by atoms with Gasteiger partial charge in [-0.15, -0.1) is 0 Å². The maximum absolute atomic E-state index is 6.33. The number of aromatic nitrogens is 2. The summed E-state index contributed by atoms with van der Waals surface area (Å²) in [6, 6.07) is 69.0. The predicted octanol–water partition coefficient (Wildman–Crippen LogP) is 14.7. The fourth-order valence-corrected chi connectivity index (χ4v) is 8.92. The highest BCUT2D eigenvalue weighted by molar-refractivity contribution is 6.12. The van der Waals surface area contributed by atoms with Crippen LogP contribution in [0.25, 0.3) is 100 Å². The highest BCUT2D eigenvalue weighted by atomic mass is 16.3. The molecule has 0 spiro atoms. The van der Waals surface area contributed by atoms with E-state index in [2.05, 4.69) is 178 Å². The van der Waals surface area contributed by atoms with Crippen molar-refractivity contribution in [3.8, 4) is 78.4 Å². The van der Waals surface area contributed by atoms with E-state index in [4.69, 9.17) is 14.4 Å². The minimum atomic E-state index is -0.0520. The zero-order chi connectivity index (χ0) is 38.8. The minimum Gasteiger partial charge on any atom is -0.456 e. The number of hydrogen-bond acceptors (Lipinski definition) is 3. The average molecular weight is 743 g/mol. The Balaban J connectivity index is 1.05. The maximum atomic E-state index is 6.33. The first-order chi connectivity index (χ1) is 28.5. The lowest BCUT2D eigenvalue weighted by atomic mass is 9.81. The van der Waals surface area contributed by atoms with Crippen molar-refractivity contribution in [1.29, 1.82) is 0 Å². The van der Waals surface area contributed by atoms with Gasteiger partial charge in [-0.1, -0.05) is 166 Å². The Morgan fingerprint density at radius 3 is 1.74 bits per heavy atom. The van der Waals surface area contributed by atoms with E-state index in [1.165, 1.54) is 33.4 Å². The largest absolute Gasteiger partial charge is 0.456 e. The van der Waals surface area contributed by atoms with Gasteiger partial charge in [-0.2, -0.15) is 0 Å². The summed E-state index contributed by atoms with van der Waals surface area (Å²) in [4.78, 5) is 10.5. The molecule has 0 atom stereocenters. The van der Waals surface area contributed by atoms with Gasteiger partial charge in [-0.05, 0) is 98.1 Å². The third-order valence-electron chi connectivity index (χ3n) is 11.9. The van der Waals surface area contributed by atoms with Crippen molar-refractivity contribution in [2.75, 3.05) is 0 Å². The number of fused-ring (bicyclic) bond motifs is 6. The zero-order valence-corrected chi connectivity index (χ0v) is 32.3. The summed E-state index contributed by atoms with van der Waals surface area (Å²) < 4.78 is 6.33. The van der Waals surface area contributed by atoms with Gasteiger partial charge in [0.1, 0.15) is 11.2 Å². The molecule has 11 rings (SSSR count). The van der Waals surface area contributed by atoms with E-state index in [1.54, 1.807) is 0 Å². The van der Waals surface area contributed by atoms with Gasteiger partial charge in [0.15, 0.2) is 5.82 Å². The van der Waals surface area contributed by atoms with E-state index in [0.29, 0.717) is 5.82 Å². The van der Waals surface area contributed by atoms with Gasteiger partial charge in [0.05, 0.1) is 11.4 Å². The maximum Gasteiger partial charge on any atom is 0.160 e. The molecule has 0 amide bonds.